The van der Waals surface area contributed by atoms with Gasteiger partial charge < -0.3 is 16.0 Å². The van der Waals surface area contributed by atoms with Crippen molar-refractivity contribution in [2.75, 3.05) is 7.05 Å². The first-order valence-corrected chi connectivity index (χ1v) is 7.14. The smallest absolute Gasteiger partial charge is 0.237 e. The van der Waals surface area contributed by atoms with E-state index in [1.165, 1.54) is 6.33 Å². The zero-order chi connectivity index (χ0) is 14.8. The first-order chi connectivity index (χ1) is 9.46. The van der Waals surface area contributed by atoms with Gasteiger partial charge in [-0.1, -0.05) is 6.92 Å². The Kier molecular flexibility index (Phi) is 4.24. The molecule has 0 bridgehead atoms. The zero-order valence-electron chi connectivity index (χ0n) is 11.7. The Labute approximate surface area is 121 Å². The molecule has 4 N–H and O–H groups in total. The molecule has 0 saturated carbocycles. The number of hydrogen-bond donors (Lipinski definition) is 3. The standard InChI is InChI=1S/C12H18N6OS/c1-7(4-12(2,14-3)11(13)19)20-10-8-9(16-5-15-8)17-6-18-10/h5-7,14H,4H2,1-3H3,(H2,13,19)(H,15,16,17,18). The number of nitrogens with one attached hydrogen (secondary N) is 2. The van der Waals surface area contributed by atoms with Gasteiger partial charge in [0.1, 0.15) is 16.9 Å². The highest BCUT2D eigenvalue weighted by Crippen LogP contribution is 2.30. The van der Waals surface area contributed by atoms with Crippen LogP contribution in [0, 0.1) is 0 Å². The average Bonchev–Trinajstić information content (AvgIpc) is 2.87. The first kappa shape index (κ1) is 14.7. The van der Waals surface area contributed by atoms with Crippen LogP contribution in [0.3, 0.4) is 0 Å². The second kappa shape index (κ2) is 5.76. The molecular weight excluding hydrogens is 276 g/mol. The summed E-state index contributed by atoms with van der Waals surface area (Å²) in [7, 11) is 1.74. The Bertz CT molecular complexity index is 615. The summed E-state index contributed by atoms with van der Waals surface area (Å²) in [6.45, 7) is 3.84. The molecule has 8 heteroatoms. The number of nitrogens with zero attached hydrogens (tertiary/aromatic N) is 3. The van der Waals surface area contributed by atoms with Crippen LogP contribution in [-0.2, 0) is 4.79 Å². The summed E-state index contributed by atoms with van der Waals surface area (Å²) in [6, 6.07) is 0. The summed E-state index contributed by atoms with van der Waals surface area (Å²) in [5.74, 6) is -0.359. The van der Waals surface area contributed by atoms with Gasteiger partial charge in [0.25, 0.3) is 0 Å². The molecule has 2 aromatic rings. The summed E-state index contributed by atoms with van der Waals surface area (Å²) in [5, 5.41) is 3.96. The fourth-order valence-electron chi connectivity index (χ4n) is 1.97. The molecule has 0 radical (unpaired) electrons. The van der Waals surface area contributed by atoms with Gasteiger partial charge in [0.15, 0.2) is 5.65 Å². The average molecular weight is 294 g/mol. The van der Waals surface area contributed by atoms with Crippen LogP contribution in [0.5, 0.6) is 0 Å². The lowest BCUT2D eigenvalue weighted by atomic mass is 9.95. The van der Waals surface area contributed by atoms with Gasteiger partial charge in [-0.3, -0.25) is 4.79 Å². The van der Waals surface area contributed by atoms with Crippen molar-refractivity contribution < 1.29 is 4.79 Å². The maximum absolute atomic E-state index is 11.5. The van der Waals surface area contributed by atoms with Crippen LogP contribution in [0.15, 0.2) is 17.7 Å². The van der Waals surface area contributed by atoms with E-state index >= 15 is 0 Å². The van der Waals surface area contributed by atoms with Crippen molar-refractivity contribution in [1.29, 1.82) is 0 Å². The number of carbonyl (C=O) groups is 1. The van der Waals surface area contributed by atoms with Crippen LogP contribution >= 0.6 is 11.8 Å². The Morgan fingerprint density at radius 2 is 2.30 bits per heavy atom. The Morgan fingerprint density at radius 1 is 1.55 bits per heavy atom. The number of aromatic amines is 1. The zero-order valence-corrected chi connectivity index (χ0v) is 12.5. The lowest BCUT2D eigenvalue weighted by Gasteiger charge is -2.28. The molecule has 20 heavy (non-hydrogen) atoms. The molecule has 0 aliphatic heterocycles. The van der Waals surface area contributed by atoms with Gasteiger partial charge in [-0.2, -0.15) is 0 Å². The summed E-state index contributed by atoms with van der Waals surface area (Å²) >= 11 is 1.57. The SMILES string of the molecule is CNC(C)(CC(C)Sc1ncnc2nc[nH]c12)C(N)=O. The molecule has 0 saturated heterocycles. The number of rotatable bonds is 6. The number of H-pyrrole nitrogens is 1. The van der Waals surface area contributed by atoms with Crippen molar-refractivity contribution in [2.24, 2.45) is 5.73 Å². The van der Waals surface area contributed by atoms with E-state index in [9.17, 15) is 4.79 Å². The van der Waals surface area contributed by atoms with Gasteiger partial charge in [0.2, 0.25) is 5.91 Å². The molecule has 0 spiro atoms. The first-order valence-electron chi connectivity index (χ1n) is 6.26. The monoisotopic (exact) mass is 294 g/mol. The van der Waals surface area contributed by atoms with Gasteiger partial charge in [-0.15, -0.1) is 11.8 Å². The minimum absolute atomic E-state index is 0.154. The molecular formula is C12H18N6OS. The number of carbonyl (C=O) groups excluding carboxylic acids is 1. The normalized spacial score (nSPS) is 15.9. The van der Waals surface area contributed by atoms with E-state index in [0.717, 1.165) is 10.5 Å². The van der Waals surface area contributed by atoms with E-state index in [-0.39, 0.29) is 11.2 Å². The maximum atomic E-state index is 11.5. The Hall–Kier alpha value is -1.67. The van der Waals surface area contributed by atoms with Gasteiger partial charge in [0, 0.05) is 5.25 Å². The molecule has 2 rings (SSSR count). The lowest BCUT2D eigenvalue weighted by molar-refractivity contribution is -0.123. The summed E-state index contributed by atoms with van der Waals surface area (Å²) in [5.41, 5.74) is 6.17. The van der Waals surface area contributed by atoms with E-state index in [1.54, 1.807) is 32.1 Å². The molecule has 2 heterocycles. The van der Waals surface area contributed by atoms with E-state index in [4.69, 9.17) is 5.73 Å². The molecule has 2 unspecified atom stereocenters. The van der Waals surface area contributed by atoms with Crippen molar-refractivity contribution in [3.63, 3.8) is 0 Å². The molecule has 0 aliphatic rings. The summed E-state index contributed by atoms with van der Waals surface area (Å²) < 4.78 is 0. The molecule has 108 valence electrons. The molecule has 7 nitrogen and oxygen atoms in total. The molecule has 2 atom stereocenters. The topological polar surface area (TPSA) is 110 Å². The Morgan fingerprint density at radius 3 is 2.95 bits per heavy atom. The molecule has 0 fully saturated rings. The van der Waals surface area contributed by atoms with Crippen molar-refractivity contribution >= 4 is 28.8 Å². The van der Waals surface area contributed by atoms with Crippen LogP contribution in [0.4, 0.5) is 0 Å². The fourth-order valence-corrected chi connectivity index (χ4v) is 3.14. The third kappa shape index (κ3) is 2.91. The summed E-state index contributed by atoms with van der Waals surface area (Å²) in [4.78, 5) is 27.0. The fraction of sp³-hybridized carbons (Fsp3) is 0.500. The van der Waals surface area contributed by atoms with Crippen LogP contribution in [0.2, 0.25) is 0 Å². The number of likely N-dealkylation sites (N-methyl/N-ethyl adjacent to an activating group) is 1. The van der Waals surface area contributed by atoms with E-state index < -0.39 is 5.54 Å². The number of thioether (sulfide) groups is 1. The second-order valence-corrected chi connectivity index (χ2v) is 6.29. The van der Waals surface area contributed by atoms with Gasteiger partial charge in [-0.25, -0.2) is 15.0 Å². The maximum Gasteiger partial charge on any atom is 0.237 e. The van der Waals surface area contributed by atoms with Crippen LogP contribution in [0.1, 0.15) is 20.3 Å². The highest BCUT2D eigenvalue weighted by atomic mass is 32.2. The molecule has 2 aromatic heterocycles. The van der Waals surface area contributed by atoms with Crippen molar-refractivity contribution in [2.45, 2.75) is 36.1 Å². The number of primary amides is 1. The number of nitrogens with two attached hydrogens (primary N) is 1. The third-order valence-electron chi connectivity index (χ3n) is 3.29. The highest BCUT2D eigenvalue weighted by Gasteiger charge is 2.31. The minimum Gasteiger partial charge on any atom is -0.368 e. The minimum atomic E-state index is -0.730. The van der Waals surface area contributed by atoms with E-state index in [0.29, 0.717) is 12.1 Å². The third-order valence-corrected chi connectivity index (χ3v) is 4.39. The quantitative estimate of drug-likeness (QED) is 0.534. The number of fused-ring (bicyclic) bond motifs is 1. The number of aromatic nitrogens is 4. The number of amides is 1. The van der Waals surface area contributed by atoms with Gasteiger partial charge in [0.05, 0.1) is 11.9 Å². The second-order valence-electron chi connectivity index (χ2n) is 4.86. The predicted molar refractivity (Wildman–Crippen MR) is 78.3 cm³/mol. The largest absolute Gasteiger partial charge is 0.368 e. The van der Waals surface area contributed by atoms with Crippen LogP contribution in [-0.4, -0.2) is 43.7 Å². The molecule has 1 amide bonds. The number of hydrogen-bond acceptors (Lipinski definition) is 6. The van der Waals surface area contributed by atoms with Crippen molar-refractivity contribution in [3.8, 4) is 0 Å². The highest BCUT2D eigenvalue weighted by molar-refractivity contribution is 8.00. The predicted octanol–water partition coefficient (Wildman–Crippen LogP) is 0.687. The van der Waals surface area contributed by atoms with Crippen LogP contribution in [0.25, 0.3) is 11.2 Å². The van der Waals surface area contributed by atoms with Gasteiger partial charge in [-0.05, 0) is 20.4 Å². The van der Waals surface area contributed by atoms with Crippen molar-refractivity contribution in [1.82, 2.24) is 25.3 Å². The van der Waals surface area contributed by atoms with E-state index in [1.807, 2.05) is 6.92 Å². The van der Waals surface area contributed by atoms with Gasteiger partial charge >= 0.3 is 0 Å². The van der Waals surface area contributed by atoms with E-state index in [2.05, 4.69) is 25.3 Å². The van der Waals surface area contributed by atoms with Crippen LogP contribution < -0.4 is 11.1 Å². The number of imidazole rings is 1. The lowest BCUT2D eigenvalue weighted by Crippen LogP contribution is -2.52. The molecule has 0 aliphatic carbocycles. The van der Waals surface area contributed by atoms with Crippen molar-refractivity contribution in [3.05, 3.63) is 12.7 Å². The molecule has 0 aromatic carbocycles. The summed E-state index contributed by atoms with van der Waals surface area (Å²) in [6.07, 6.45) is 3.68. The Balaban J connectivity index is 2.14.